The van der Waals surface area contributed by atoms with Crippen LogP contribution in [-0.2, 0) is 10.0 Å². The molecule has 0 bridgehead atoms. The summed E-state index contributed by atoms with van der Waals surface area (Å²) in [6.45, 7) is 3.42. The van der Waals surface area contributed by atoms with Crippen molar-refractivity contribution in [3.63, 3.8) is 0 Å². The molecule has 21 heavy (non-hydrogen) atoms. The van der Waals surface area contributed by atoms with E-state index in [-0.39, 0.29) is 23.3 Å². The molecule has 0 spiro atoms. The Morgan fingerprint density at radius 3 is 2.29 bits per heavy atom. The summed E-state index contributed by atoms with van der Waals surface area (Å²) in [5, 5.41) is 0. The third-order valence-electron chi connectivity index (χ3n) is 4.25. The molecule has 1 atom stereocenters. The molecule has 0 aliphatic heterocycles. The normalized spacial score (nSPS) is 18.1. The summed E-state index contributed by atoms with van der Waals surface area (Å²) >= 11 is 0. The van der Waals surface area contributed by atoms with Gasteiger partial charge in [-0.1, -0.05) is 12.8 Å². The van der Waals surface area contributed by atoms with E-state index >= 15 is 0 Å². The number of benzene rings is 1. The molecule has 118 valence electrons. The topological polar surface area (TPSA) is 72.2 Å². The Morgan fingerprint density at radius 2 is 1.81 bits per heavy atom. The molecule has 0 saturated heterocycles. The van der Waals surface area contributed by atoms with Crippen molar-refractivity contribution in [1.29, 1.82) is 0 Å². The third kappa shape index (κ3) is 3.62. The number of nitrogens with one attached hydrogen (secondary N) is 1. The first-order valence-corrected chi connectivity index (χ1v) is 8.82. The van der Waals surface area contributed by atoms with Crippen molar-refractivity contribution in [3.05, 3.63) is 29.1 Å². The summed E-state index contributed by atoms with van der Waals surface area (Å²) in [5.74, 6) is -0.0625. The number of aryl methyl sites for hydroxylation is 2. The van der Waals surface area contributed by atoms with E-state index in [9.17, 15) is 12.8 Å². The lowest BCUT2D eigenvalue weighted by Gasteiger charge is -2.23. The maximum absolute atomic E-state index is 13.6. The highest BCUT2D eigenvalue weighted by Crippen LogP contribution is 2.28. The first kappa shape index (κ1) is 16.4. The van der Waals surface area contributed by atoms with E-state index in [4.69, 9.17) is 5.73 Å². The third-order valence-corrected chi connectivity index (χ3v) is 5.72. The molecule has 6 heteroatoms. The Kier molecular flexibility index (Phi) is 5.01. The number of nitrogens with two attached hydrogens (primary N) is 1. The van der Waals surface area contributed by atoms with E-state index in [0.717, 1.165) is 25.7 Å². The van der Waals surface area contributed by atoms with Gasteiger partial charge in [0.1, 0.15) is 5.82 Å². The van der Waals surface area contributed by atoms with E-state index in [0.29, 0.717) is 17.0 Å². The lowest BCUT2D eigenvalue weighted by Crippen LogP contribution is -2.44. The predicted octanol–water partition coefficient (Wildman–Crippen LogP) is 2.24. The maximum Gasteiger partial charge on any atom is 0.240 e. The number of sulfonamides is 1. The van der Waals surface area contributed by atoms with Gasteiger partial charge in [0.2, 0.25) is 10.0 Å². The second-order valence-electron chi connectivity index (χ2n) is 5.88. The van der Waals surface area contributed by atoms with Crippen molar-refractivity contribution in [2.75, 3.05) is 6.54 Å². The summed E-state index contributed by atoms with van der Waals surface area (Å²) in [5.41, 5.74) is 6.40. The van der Waals surface area contributed by atoms with Crippen LogP contribution < -0.4 is 10.5 Å². The molecule has 1 saturated carbocycles. The van der Waals surface area contributed by atoms with Crippen molar-refractivity contribution in [2.45, 2.75) is 50.5 Å². The molecule has 1 aromatic carbocycles. The molecule has 1 aliphatic carbocycles. The summed E-state index contributed by atoms with van der Waals surface area (Å²) in [6.07, 6.45) is 4.26. The summed E-state index contributed by atoms with van der Waals surface area (Å²) < 4.78 is 41.3. The lowest BCUT2D eigenvalue weighted by atomic mass is 9.99. The van der Waals surface area contributed by atoms with Crippen LogP contribution in [0.5, 0.6) is 0 Å². The predicted molar refractivity (Wildman–Crippen MR) is 81.0 cm³/mol. The molecule has 4 nitrogen and oxygen atoms in total. The number of halogens is 1. The zero-order chi connectivity index (χ0) is 15.6. The average molecular weight is 314 g/mol. The van der Waals surface area contributed by atoms with Gasteiger partial charge >= 0.3 is 0 Å². The molecular weight excluding hydrogens is 291 g/mol. The standard InChI is InChI=1S/C15H23FN2O2S/c1-10-7-13(8-11(2)15(10)16)21(19,20)18-14(9-17)12-5-3-4-6-12/h7-8,12,14,18H,3-6,9,17H2,1-2H3. The molecule has 0 heterocycles. The van der Waals surface area contributed by atoms with Gasteiger partial charge in [-0.25, -0.2) is 17.5 Å². The zero-order valence-electron chi connectivity index (χ0n) is 12.5. The van der Waals surface area contributed by atoms with E-state index in [1.54, 1.807) is 13.8 Å². The SMILES string of the molecule is Cc1cc(S(=O)(=O)NC(CN)C2CCCC2)cc(C)c1F. The van der Waals surface area contributed by atoms with Crippen LogP contribution in [0.4, 0.5) is 4.39 Å². The van der Waals surface area contributed by atoms with E-state index in [2.05, 4.69) is 4.72 Å². The van der Waals surface area contributed by atoms with Gasteiger partial charge in [-0.05, 0) is 55.9 Å². The smallest absolute Gasteiger partial charge is 0.240 e. The molecule has 0 amide bonds. The molecule has 1 aliphatic rings. The Balaban J connectivity index is 2.25. The van der Waals surface area contributed by atoms with Crippen LogP contribution in [0, 0.1) is 25.6 Å². The van der Waals surface area contributed by atoms with Crippen LogP contribution in [0.3, 0.4) is 0 Å². The maximum atomic E-state index is 13.6. The van der Waals surface area contributed by atoms with Crippen LogP contribution in [0.25, 0.3) is 0 Å². The van der Waals surface area contributed by atoms with Gasteiger partial charge in [0.05, 0.1) is 4.90 Å². The van der Waals surface area contributed by atoms with Crippen molar-refractivity contribution in [3.8, 4) is 0 Å². The average Bonchev–Trinajstić information content (AvgIpc) is 2.95. The minimum Gasteiger partial charge on any atom is -0.329 e. The van der Waals surface area contributed by atoms with Gasteiger partial charge in [-0.15, -0.1) is 0 Å². The lowest BCUT2D eigenvalue weighted by molar-refractivity contribution is 0.405. The van der Waals surface area contributed by atoms with Gasteiger partial charge in [-0.2, -0.15) is 0 Å². The molecule has 1 fully saturated rings. The highest BCUT2D eigenvalue weighted by molar-refractivity contribution is 7.89. The second-order valence-corrected chi connectivity index (χ2v) is 7.59. The first-order chi connectivity index (χ1) is 9.85. The fourth-order valence-electron chi connectivity index (χ4n) is 3.03. The molecule has 0 radical (unpaired) electrons. The molecule has 3 N–H and O–H groups in total. The van der Waals surface area contributed by atoms with Crippen LogP contribution in [0.15, 0.2) is 17.0 Å². The molecule has 2 rings (SSSR count). The molecule has 1 unspecified atom stereocenters. The monoisotopic (exact) mass is 314 g/mol. The van der Waals surface area contributed by atoms with Crippen LogP contribution in [0.2, 0.25) is 0 Å². The van der Waals surface area contributed by atoms with Crippen LogP contribution in [0.1, 0.15) is 36.8 Å². The number of hydrogen-bond donors (Lipinski definition) is 2. The van der Waals surface area contributed by atoms with Gasteiger partial charge < -0.3 is 5.73 Å². The Labute approximate surface area is 126 Å². The van der Waals surface area contributed by atoms with Crippen LogP contribution in [-0.4, -0.2) is 21.0 Å². The van der Waals surface area contributed by atoms with Crippen molar-refractivity contribution in [1.82, 2.24) is 4.72 Å². The van der Waals surface area contributed by atoms with Crippen molar-refractivity contribution in [2.24, 2.45) is 11.7 Å². The summed E-state index contributed by atoms with van der Waals surface area (Å²) in [4.78, 5) is 0.107. The first-order valence-electron chi connectivity index (χ1n) is 7.34. The molecule has 0 aromatic heterocycles. The minimum absolute atomic E-state index is 0.107. The van der Waals surface area contributed by atoms with Gasteiger partial charge in [-0.3, -0.25) is 0 Å². The minimum atomic E-state index is -3.67. The van der Waals surface area contributed by atoms with E-state index in [1.807, 2.05) is 0 Å². The number of hydrogen-bond acceptors (Lipinski definition) is 3. The van der Waals surface area contributed by atoms with Crippen molar-refractivity contribution >= 4 is 10.0 Å². The number of rotatable bonds is 5. The second kappa shape index (κ2) is 6.42. The Hall–Kier alpha value is -0.980. The van der Waals surface area contributed by atoms with Gasteiger partial charge in [0, 0.05) is 12.6 Å². The van der Waals surface area contributed by atoms with Gasteiger partial charge in [0.15, 0.2) is 0 Å². The van der Waals surface area contributed by atoms with E-state index < -0.39 is 10.0 Å². The van der Waals surface area contributed by atoms with Gasteiger partial charge in [0.25, 0.3) is 0 Å². The quantitative estimate of drug-likeness (QED) is 0.875. The zero-order valence-corrected chi connectivity index (χ0v) is 13.3. The Bertz CT molecular complexity index is 587. The Morgan fingerprint density at radius 1 is 1.29 bits per heavy atom. The van der Waals surface area contributed by atoms with Crippen molar-refractivity contribution < 1.29 is 12.8 Å². The fourth-order valence-corrected chi connectivity index (χ4v) is 4.51. The summed E-state index contributed by atoms with van der Waals surface area (Å²) in [7, 11) is -3.67. The van der Waals surface area contributed by atoms with Crippen LogP contribution >= 0.6 is 0 Å². The molecular formula is C15H23FN2O2S. The highest BCUT2D eigenvalue weighted by atomic mass is 32.2. The summed E-state index contributed by atoms with van der Waals surface area (Å²) in [6, 6.07) is 2.49. The largest absolute Gasteiger partial charge is 0.329 e. The fraction of sp³-hybridized carbons (Fsp3) is 0.600. The van der Waals surface area contributed by atoms with E-state index in [1.165, 1.54) is 12.1 Å². The highest BCUT2D eigenvalue weighted by Gasteiger charge is 2.28. The molecule has 1 aromatic rings.